The van der Waals surface area contributed by atoms with Gasteiger partial charge in [-0.1, -0.05) is 11.6 Å². The summed E-state index contributed by atoms with van der Waals surface area (Å²) in [6.07, 6.45) is 0. The van der Waals surface area contributed by atoms with Gasteiger partial charge in [-0.2, -0.15) is 11.8 Å². The SMILES string of the molecule is O=C(c1ccc(Cl)s1)C1CSCCS1. The van der Waals surface area contributed by atoms with Gasteiger partial charge in [0.25, 0.3) is 0 Å². The van der Waals surface area contributed by atoms with Crippen molar-refractivity contribution in [2.24, 2.45) is 0 Å². The Morgan fingerprint density at radius 2 is 2.29 bits per heavy atom. The lowest BCUT2D eigenvalue weighted by molar-refractivity contribution is 0.0999. The Balaban J connectivity index is 2.07. The number of rotatable bonds is 2. The zero-order valence-electron chi connectivity index (χ0n) is 7.36. The van der Waals surface area contributed by atoms with Crippen LogP contribution in [-0.2, 0) is 0 Å². The van der Waals surface area contributed by atoms with Gasteiger partial charge in [0.1, 0.15) is 0 Å². The predicted molar refractivity (Wildman–Crippen MR) is 67.2 cm³/mol. The summed E-state index contributed by atoms with van der Waals surface area (Å²) in [5.41, 5.74) is 0. The summed E-state index contributed by atoms with van der Waals surface area (Å²) < 4.78 is 0.696. The number of carbonyl (C=O) groups is 1. The van der Waals surface area contributed by atoms with E-state index in [0.29, 0.717) is 4.34 Å². The van der Waals surface area contributed by atoms with Crippen LogP contribution in [0.2, 0.25) is 4.34 Å². The highest BCUT2D eigenvalue weighted by Crippen LogP contribution is 2.30. The van der Waals surface area contributed by atoms with Crippen LogP contribution in [0.5, 0.6) is 0 Å². The first-order valence-corrected chi connectivity index (χ1v) is 7.66. The maximum absolute atomic E-state index is 11.9. The van der Waals surface area contributed by atoms with Crippen LogP contribution in [0.3, 0.4) is 0 Å². The van der Waals surface area contributed by atoms with E-state index in [0.717, 1.165) is 16.4 Å². The van der Waals surface area contributed by atoms with Crippen molar-refractivity contribution in [2.75, 3.05) is 17.3 Å². The first kappa shape index (κ1) is 10.9. The zero-order chi connectivity index (χ0) is 9.97. The van der Waals surface area contributed by atoms with E-state index in [2.05, 4.69) is 0 Å². The van der Waals surface area contributed by atoms with Crippen LogP contribution in [0.4, 0.5) is 0 Å². The molecule has 1 atom stereocenters. The second kappa shape index (κ2) is 4.92. The van der Waals surface area contributed by atoms with E-state index in [1.165, 1.54) is 17.1 Å². The maximum Gasteiger partial charge on any atom is 0.186 e. The molecule has 1 aromatic rings. The second-order valence-corrected chi connectivity index (χ2v) is 7.08. The largest absolute Gasteiger partial charge is 0.292 e. The molecule has 0 aromatic carbocycles. The van der Waals surface area contributed by atoms with E-state index in [4.69, 9.17) is 11.6 Å². The van der Waals surface area contributed by atoms with Gasteiger partial charge in [-0.05, 0) is 12.1 Å². The van der Waals surface area contributed by atoms with Crippen molar-refractivity contribution in [3.05, 3.63) is 21.3 Å². The van der Waals surface area contributed by atoms with Crippen molar-refractivity contribution in [3.63, 3.8) is 0 Å². The number of ketones is 1. The summed E-state index contributed by atoms with van der Waals surface area (Å²) in [6.45, 7) is 0. The monoisotopic (exact) mass is 264 g/mol. The Hall–Kier alpha value is 0.360. The average Bonchev–Trinajstić information content (AvgIpc) is 2.65. The van der Waals surface area contributed by atoms with Gasteiger partial charge >= 0.3 is 0 Å². The van der Waals surface area contributed by atoms with E-state index in [1.807, 2.05) is 17.8 Å². The molecule has 1 unspecified atom stereocenters. The molecule has 1 nitrogen and oxygen atoms in total. The summed E-state index contributed by atoms with van der Waals surface area (Å²) >= 11 is 10.8. The van der Waals surface area contributed by atoms with Crippen LogP contribution in [-0.4, -0.2) is 28.3 Å². The molecule has 2 heterocycles. The number of hydrogen-bond donors (Lipinski definition) is 0. The fraction of sp³-hybridized carbons (Fsp3) is 0.444. The van der Waals surface area contributed by atoms with Gasteiger partial charge in [0.2, 0.25) is 0 Å². The fourth-order valence-corrected chi connectivity index (χ4v) is 4.98. The van der Waals surface area contributed by atoms with Crippen molar-refractivity contribution < 1.29 is 4.79 Å². The Bertz CT molecular complexity index is 331. The summed E-state index contributed by atoms with van der Waals surface area (Å²) in [5, 5.41) is 0.142. The van der Waals surface area contributed by atoms with Gasteiger partial charge in [-0.15, -0.1) is 23.1 Å². The normalized spacial score (nSPS) is 22.2. The summed E-state index contributed by atoms with van der Waals surface area (Å²) in [7, 11) is 0. The third kappa shape index (κ3) is 2.48. The first-order chi connectivity index (χ1) is 6.77. The van der Waals surface area contributed by atoms with E-state index >= 15 is 0 Å². The highest BCUT2D eigenvalue weighted by Gasteiger charge is 2.24. The minimum absolute atomic E-state index is 0.142. The molecule has 0 radical (unpaired) electrons. The molecule has 1 saturated heterocycles. The third-order valence-electron chi connectivity index (χ3n) is 1.92. The van der Waals surface area contributed by atoms with Crippen molar-refractivity contribution in [1.82, 2.24) is 0 Å². The van der Waals surface area contributed by atoms with Crippen molar-refractivity contribution in [1.29, 1.82) is 0 Å². The van der Waals surface area contributed by atoms with Crippen LogP contribution in [0.15, 0.2) is 12.1 Å². The van der Waals surface area contributed by atoms with Gasteiger partial charge in [0, 0.05) is 17.3 Å². The first-order valence-electron chi connectivity index (χ1n) is 4.26. The third-order valence-corrected chi connectivity index (χ3v) is 5.92. The summed E-state index contributed by atoms with van der Waals surface area (Å²) in [5.74, 6) is 3.44. The van der Waals surface area contributed by atoms with Gasteiger partial charge in [0.05, 0.1) is 14.5 Å². The zero-order valence-corrected chi connectivity index (χ0v) is 10.6. The molecule has 0 N–H and O–H groups in total. The highest BCUT2D eigenvalue weighted by molar-refractivity contribution is 8.07. The molecule has 0 amide bonds. The number of Topliss-reactive ketones (excluding diaryl/α,β-unsaturated/α-hetero) is 1. The van der Waals surface area contributed by atoms with Crippen molar-refractivity contribution >= 4 is 52.2 Å². The van der Waals surface area contributed by atoms with E-state index < -0.39 is 0 Å². The van der Waals surface area contributed by atoms with Gasteiger partial charge in [0.15, 0.2) is 5.78 Å². The van der Waals surface area contributed by atoms with E-state index in [1.54, 1.807) is 17.8 Å². The standard InChI is InChI=1S/C9H9ClOS3/c10-8-2-1-6(14-8)9(11)7-5-12-3-4-13-7/h1-2,7H,3-5H2. The van der Waals surface area contributed by atoms with Gasteiger partial charge in [-0.3, -0.25) is 4.79 Å². The van der Waals surface area contributed by atoms with Crippen molar-refractivity contribution in [2.45, 2.75) is 5.25 Å². The Kier molecular flexibility index (Phi) is 3.82. The fourth-order valence-electron chi connectivity index (χ4n) is 1.24. The molecular formula is C9H9ClOS3. The Morgan fingerprint density at radius 1 is 1.43 bits per heavy atom. The number of hydrogen-bond acceptors (Lipinski definition) is 4. The molecule has 1 fully saturated rings. The molecular weight excluding hydrogens is 256 g/mol. The molecule has 0 spiro atoms. The molecule has 0 saturated carbocycles. The van der Waals surface area contributed by atoms with Crippen molar-refractivity contribution in [3.8, 4) is 0 Å². The minimum Gasteiger partial charge on any atom is -0.292 e. The van der Waals surface area contributed by atoms with Crippen LogP contribution in [0, 0.1) is 0 Å². The molecule has 1 aliphatic rings. The molecule has 1 aromatic heterocycles. The number of thioether (sulfide) groups is 2. The minimum atomic E-state index is 0.142. The molecule has 14 heavy (non-hydrogen) atoms. The lowest BCUT2D eigenvalue weighted by atomic mass is 10.2. The van der Waals surface area contributed by atoms with Crippen LogP contribution < -0.4 is 0 Å². The quantitative estimate of drug-likeness (QED) is 0.762. The van der Waals surface area contributed by atoms with Crippen LogP contribution in [0.1, 0.15) is 9.67 Å². The molecule has 0 bridgehead atoms. The number of thiophene rings is 1. The molecule has 2 rings (SSSR count). The van der Waals surface area contributed by atoms with Gasteiger partial charge in [-0.25, -0.2) is 0 Å². The average molecular weight is 265 g/mol. The molecule has 1 aliphatic heterocycles. The second-order valence-electron chi connectivity index (χ2n) is 2.90. The summed E-state index contributed by atoms with van der Waals surface area (Å²) in [4.78, 5) is 12.7. The topological polar surface area (TPSA) is 17.1 Å². The molecule has 5 heteroatoms. The number of carbonyl (C=O) groups excluding carboxylic acids is 1. The lowest BCUT2D eigenvalue weighted by Gasteiger charge is -2.18. The maximum atomic E-state index is 11.9. The Morgan fingerprint density at radius 3 is 2.86 bits per heavy atom. The van der Waals surface area contributed by atoms with Crippen LogP contribution >= 0.6 is 46.5 Å². The smallest absolute Gasteiger partial charge is 0.186 e. The highest BCUT2D eigenvalue weighted by atomic mass is 35.5. The van der Waals surface area contributed by atoms with E-state index in [-0.39, 0.29) is 11.0 Å². The molecule has 0 aliphatic carbocycles. The predicted octanol–water partition coefficient (Wildman–Crippen LogP) is 3.43. The van der Waals surface area contributed by atoms with Crippen LogP contribution in [0.25, 0.3) is 0 Å². The Labute approximate surface area is 101 Å². The number of halogens is 1. The molecule has 76 valence electrons. The summed E-state index contributed by atoms with van der Waals surface area (Å²) in [6, 6.07) is 3.62. The van der Waals surface area contributed by atoms with Gasteiger partial charge < -0.3 is 0 Å². The lowest BCUT2D eigenvalue weighted by Crippen LogP contribution is -2.23. The van der Waals surface area contributed by atoms with E-state index in [9.17, 15) is 4.79 Å².